The molecular formula is C15H23Cl2NO. The third kappa shape index (κ3) is 5.70. The zero-order valence-electron chi connectivity index (χ0n) is 12.1. The van der Waals surface area contributed by atoms with Crippen molar-refractivity contribution in [1.82, 2.24) is 5.32 Å². The Hall–Kier alpha value is -0.280. The standard InChI is InChI=1S/C15H23Cl2NO/c1-5-18-13(10-15(2,3)19-4)9-11-8-12(16)6-7-14(11)17/h6-8,13,18H,5,9-10H2,1-4H3. The summed E-state index contributed by atoms with van der Waals surface area (Å²) in [5.74, 6) is 0. The van der Waals surface area contributed by atoms with E-state index in [2.05, 4.69) is 26.1 Å². The highest BCUT2D eigenvalue weighted by Crippen LogP contribution is 2.24. The van der Waals surface area contributed by atoms with E-state index in [9.17, 15) is 0 Å². The van der Waals surface area contributed by atoms with Crippen LogP contribution in [0.15, 0.2) is 18.2 Å². The molecule has 0 spiro atoms. The predicted molar refractivity (Wildman–Crippen MR) is 83.3 cm³/mol. The number of hydrogen-bond acceptors (Lipinski definition) is 2. The normalized spacial score (nSPS) is 13.6. The van der Waals surface area contributed by atoms with E-state index in [4.69, 9.17) is 27.9 Å². The van der Waals surface area contributed by atoms with E-state index in [-0.39, 0.29) is 5.60 Å². The second kappa shape index (κ2) is 7.49. The van der Waals surface area contributed by atoms with Crippen molar-refractivity contribution in [3.8, 4) is 0 Å². The lowest BCUT2D eigenvalue weighted by Gasteiger charge is -2.29. The zero-order chi connectivity index (χ0) is 14.5. The van der Waals surface area contributed by atoms with Gasteiger partial charge in [-0.2, -0.15) is 0 Å². The number of likely N-dealkylation sites (N-methyl/N-ethyl adjacent to an activating group) is 1. The predicted octanol–water partition coefficient (Wildman–Crippen LogP) is 4.33. The maximum atomic E-state index is 6.23. The van der Waals surface area contributed by atoms with Crippen LogP contribution in [0.2, 0.25) is 10.0 Å². The number of nitrogens with one attached hydrogen (secondary N) is 1. The van der Waals surface area contributed by atoms with Crippen molar-refractivity contribution in [2.24, 2.45) is 0 Å². The second-order valence-electron chi connectivity index (χ2n) is 5.36. The van der Waals surface area contributed by atoms with Crippen molar-refractivity contribution in [2.75, 3.05) is 13.7 Å². The van der Waals surface area contributed by atoms with Gasteiger partial charge in [-0.05, 0) is 57.0 Å². The molecule has 2 nitrogen and oxygen atoms in total. The molecule has 1 rings (SSSR count). The fourth-order valence-electron chi connectivity index (χ4n) is 2.15. The van der Waals surface area contributed by atoms with Gasteiger partial charge in [0.2, 0.25) is 0 Å². The number of hydrogen-bond donors (Lipinski definition) is 1. The summed E-state index contributed by atoms with van der Waals surface area (Å²) in [5.41, 5.74) is 0.921. The first kappa shape index (κ1) is 16.8. The van der Waals surface area contributed by atoms with Gasteiger partial charge in [0.1, 0.15) is 0 Å². The minimum atomic E-state index is -0.155. The fraction of sp³-hybridized carbons (Fsp3) is 0.600. The summed E-state index contributed by atoms with van der Waals surface area (Å²) in [6.45, 7) is 7.21. The van der Waals surface area contributed by atoms with Crippen LogP contribution in [0.4, 0.5) is 0 Å². The minimum Gasteiger partial charge on any atom is -0.379 e. The summed E-state index contributed by atoms with van der Waals surface area (Å²) >= 11 is 12.3. The monoisotopic (exact) mass is 303 g/mol. The molecule has 1 aromatic carbocycles. The molecule has 0 saturated carbocycles. The van der Waals surface area contributed by atoms with Crippen LogP contribution >= 0.6 is 23.2 Å². The first-order valence-electron chi connectivity index (χ1n) is 6.60. The molecule has 0 aliphatic rings. The molecule has 4 heteroatoms. The quantitative estimate of drug-likeness (QED) is 0.809. The lowest BCUT2D eigenvalue weighted by atomic mass is 9.94. The van der Waals surface area contributed by atoms with E-state index in [1.165, 1.54) is 0 Å². The maximum absolute atomic E-state index is 6.23. The Kier molecular flexibility index (Phi) is 6.61. The Bertz CT molecular complexity index is 407. The van der Waals surface area contributed by atoms with Crippen molar-refractivity contribution in [3.05, 3.63) is 33.8 Å². The Balaban J connectivity index is 2.80. The molecule has 0 aromatic heterocycles. The van der Waals surface area contributed by atoms with Crippen molar-refractivity contribution in [2.45, 2.75) is 45.3 Å². The molecule has 0 bridgehead atoms. The summed E-state index contributed by atoms with van der Waals surface area (Å²) in [7, 11) is 1.75. The number of methoxy groups -OCH3 is 1. The highest BCUT2D eigenvalue weighted by atomic mass is 35.5. The second-order valence-corrected chi connectivity index (χ2v) is 6.21. The summed E-state index contributed by atoms with van der Waals surface area (Å²) in [5, 5.41) is 4.98. The summed E-state index contributed by atoms with van der Waals surface area (Å²) in [6, 6.07) is 5.92. The Morgan fingerprint density at radius 3 is 2.58 bits per heavy atom. The first-order chi connectivity index (χ1) is 8.88. The lowest BCUT2D eigenvalue weighted by Crippen LogP contribution is -2.39. The summed E-state index contributed by atoms with van der Waals surface area (Å²) < 4.78 is 5.51. The van der Waals surface area contributed by atoms with Gasteiger partial charge in [0.25, 0.3) is 0 Å². The molecule has 0 saturated heterocycles. The molecule has 0 amide bonds. The maximum Gasteiger partial charge on any atom is 0.0637 e. The van der Waals surface area contributed by atoms with Crippen LogP contribution < -0.4 is 5.32 Å². The summed E-state index contributed by atoms with van der Waals surface area (Å²) in [6.07, 6.45) is 1.76. The van der Waals surface area contributed by atoms with Gasteiger partial charge in [-0.15, -0.1) is 0 Å². The Morgan fingerprint density at radius 1 is 1.32 bits per heavy atom. The fourth-order valence-corrected chi connectivity index (χ4v) is 2.54. The van der Waals surface area contributed by atoms with Crippen LogP contribution in [0, 0.1) is 0 Å². The molecule has 1 unspecified atom stereocenters. The molecule has 108 valence electrons. The third-order valence-electron chi connectivity index (χ3n) is 3.26. The van der Waals surface area contributed by atoms with Crippen LogP contribution in [0.5, 0.6) is 0 Å². The molecule has 1 aromatic rings. The average molecular weight is 304 g/mol. The van der Waals surface area contributed by atoms with E-state index in [1.54, 1.807) is 7.11 Å². The Morgan fingerprint density at radius 2 is 2.00 bits per heavy atom. The number of halogens is 2. The molecule has 1 atom stereocenters. The van der Waals surface area contributed by atoms with Crippen LogP contribution in [0.1, 0.15) is 32.8 Å². The van der Waals surface area contributed by atoms with Crippen molar-refractivity contribution in [1.29, 1.82) is 0 Å². The van der Waals surface area contributed by atoms with Crippen LogP contribution in [-0.4, -0.2) is 25.3 Å². The number of rotatable bonds is 7. The highest BCUT2D eigenvalue weighted by Gasteiger charge is 2.23. The molecule has 19 heavy (non-hydrogen) atoms. The van der Waals surface area contributed by atoms with Gasteiger partial charge in [0, 0.05) is 23.2 Å². The van der Waals surface area contributed by atoms with Gasteiger partial charge < -0.3 is 10.1 Å². The number of ether oxygens (including phenoxy) is 1. The molecule has 1 N–H and O–H groups in total. The summed E-state index contributed by atoms with van der Waals surface area (Å²) in [4.78, 5) is 0. The molecule has 0 radical (unpaired) electrons. The first-order valence-corrected chi connectivity index (χ1v) is 7.36. The lowest BCUT2D eigenvalue weighted by molar-refractivity contribution is 0.00727. The van der Waals surface area contributed by atoms with E-state index >= 15 is 0 Å². The van der Waals surface area contributed by atoms with Crippen molar-refractivity contribution in [3.63, 3.8) is 0 Å². The van der Waals surface area contributed by atoms with E-state index < -0.39 is 0 Å². The van der Waals surface area contributed by atoms with Gasteiger partial charge in [-0.1, -0.05) is 30.1 Å². The zero-order valence-corrected chi connectivity index (χ0v) is 13.6. The van der Waals surface area contributed by atoms with Crippen molar-refractivity contribution < 1.29 is 4.74 Å². The third-order valence-corrected chi connectivity index (χ3v) is 3.86. The molecule has 0 aliphatic carbocycles. The van der Waals surface area contributed by atoms with Gasteiger partial charge in [0.05, 0.1) is 5.60 Å². The highest BCUT2D eigenvalue weighted by molar-refractivity contribution is 6.33. The van der Waals surface area contributed by atoms with E-state index in [0.29, 0.717) is 6.04 Å². The molecule has 0 fully saturated rings. The van der Waals surface area contributed by atoms with Crippen LogP contribution in [0.25, 0.3) is 0 Å². The van der Waals surface area contributed by atoms with Crippen molar-refractivity contribution >= 4 is 23.2 Å². The van der Waals surface area contributed by atoms with Gasteiger partial charge in [-0.3, -0.25) is 0 Å². The molecule has 0 aliphatic heterocycles. The van der Waals surface area contributed by atoms with Crippen LogP contribution in [0.3, 0.4) is 0 Å². The average Bonchev–Trinajstić information content (AvgIpc) is 2.34. The Labute approximate surface area is 126 Å². The number of benzene rings is 1. The molecular weight excluding hydrogens is 281 g/mol. The SMILES string of the molecule is CCNC(Cc1cc(Cl)ccc1Cl)CC(C)(C)OC. The van der Waals surface area contributed by atoms with E-state index in [1.807, 2.05) is 18.2 Å². The minimum absolute atomic E-state index is 0.155. The largest absolute Gasteiger partial charge is 0.379 e. The smallest absolute Gasteiger partial charge is 0.0637 e. The van der Waals surface area contributed by atoms with Crippen LogP contribution in [-0.2, 0) is 11.2 Å². The van der Waals surface area contributed by atoms with E-state index in [0.717, 1.165) is 35.0 Å². The molecule has 0 heterocycles. The van der Waals surface area contributed by atoms with Gasteiger partial charge >= 0.3 is 0 Å². The topological polar surface area (TPSA) is 21.3 Å². The van der Waals surface area contributed by atoms with Gasteiger partial charge in [0.15, 0.2) is 0 Å². The van der Waals surface area contributed by atoms with Gasteiger partial charge in [-0.25, -0.2) is 0 Å².